The Balaban J connectivity index is 3.09. The number of rotatable bonds is 5. The molecule has 1 rings (SSSR count). The predicted octanol–water partition coefficient (Wildman–Crippen LogP) is 3.25. The summed E-state index contributed by atoms with van der Waals surface area (Å²) in [6, 6.07) is 1.75. The van der Waals surface area contributed by atoms with Gasteiger partial charge in [0.2, 0.25) is 6.17 Å². The molecule has 0 aliphatic carbocycles. The highest BCUT2D eigenvalue weighted by Crippen LogP contribution is 2.33. The first-order valence-corrected chi connectivity index (χ1v) is 6.56. The zero-order valence-corrected chi connectivity index (χ0v) is 12.4. The van der Waals surface area contributed by atoms with Crippen LogP contribution in [0.25, 0.3) is 0 Å². The minimum absolute atomic E-state index is 0.0730. The lowest BCUT2D eigenvalue weighted by molar-refractivity contribution is -0.275. The van der Waals surface area contributed by atoms with E-state index in [0.29, 0.717) is 4.47 Å². The zero-order chi connectivity index (χ0) is 16.2. The van der Waals surface area contributed by atoms with E-state index in [2.05, 4.69) is 25.4 Å². The van der Waals surface area contributed by atoms with Crippen molar-refractivity contribution in [3.8, 4) is 5.75 Å². The summed E-state index contributed by atoms with van der Waals surface area (Å²) in [5.41, 5.74) is 5.21. The first kappa shape index (κ1) is 17.7. The van der Waals surface area contributed by atoms with Crippen LogP contribution in [0.1, 0.15) is 18.5 Å². The molecule has 0 fully saturated rings. The van der Waals surface area contributed by atoms with Crippen LogP contribution in [-0.4, -0.2) is 25.1 Å². The lowest BCUT2D eigenvalue weighted by Crippen LogP contribution is -2.32. The Morgan fingerprint density at radius 1 is 1.43 bits per heavy atom. The van der Waals surface area contributed by atoms with Gasteiger partial charge in [0.15, 0.2) is 0 Å². The van der Waals surface area contributed by atoms with Crippen molar-refractivity contribution in [3.05, 3.63) is 28.2 Å². The topological polar surface area (TPSA) is 61.5 Å². The molecule has 0 radical (unpaired) electrons. The van der Waals surface area contributed by atoms with Gasteiger partial charge in [-0.25, -0.2) is 9.18 Å². The van der Waals surface area contributed by atoms with Crippen molar-refractivity contribution in [2.24, 2.45) is 5.73 Å². The standard InChI is InChI=1S/C12H12BrF4NO3/c1-2-20-11(19)9(14)10(18)7-5-6(13)3-4-8(7)21-12(15,16)17/h3-5,9-10H,2,18H2,1H3/t9?,10-/m1/s1. The molecule has 1 unspecified atom stereocenters. The van der Waals surface area contributed by atoms with E-state index in [9.17, 15) is 22.4 Å². The van der Waals surface area contributed by atoms with Crippen molar-refractivity contribution in [2.45, 2.75) is 25.5 Å². The largest absolute Gasteiger partial charge is 0.573 e. The Morgan fingerprint density at radius 2 is 2.05 bits per heavy atom. The van der Waals surface area contributed by atoms with Gasteiger partial charge in [-0.05, 0) is 25.1 Å². The minimum atomic E-state index is -4.96. The molecule has 0 aliphatic heterocycles. The van der Waals surface area contributed by atoms with Crippen LogP contribution in [0.5, 0.6) is 5.75 Å². The van der Waals surface area contributed by atoms with Crippen molar-refractivity contribution in [2.75, 3.05) is 6.61 Å². The van der Waals surface area contributed by atoms with Crippen LogP contribution in [-0.2, 0) is 9.53 Å². The maximum absolute atomic E-state index is 13.9. The Morgan fingerprint density at radius 3 is 2.57 bits per heavy atom. The van der Waals surface area contributed by atoms with Crippen molar-refractivity contribution in [1.82, 2.24) is 0 Å². The molecule has 0 aromatic heterocycles. The van der Waals surface area contributed by atoms with Crippen molar-refractivity contribution in [3.63, 3.8) is 0 Å². The van der Waals surface area contributed by atoms with Gasteiger partial charge in [0.25, 0.3) is 0 Å². The maximum Gasteiger partial charge on any atom is 0.573 e. The molecule has 0 saturated carbocycles. The second-order valence-electron chi connectivity index (χ2n) is 3.91. The van der Waals surface area contributed by atoms with Crippen LogP contribution in [0, 0.1) is 0 Å². The lowest BCUT2D eigenvalue weighted by atomic mass is 10.0. The van der Waals surface area contributed by atoms with Gasteiger partial charge in [-0.3, -0.25) is 0 Å². The van der Waals surface area contributed by atoms with Crippen LogP contribution in [0.4, 0.5) is 17.6 Å². The molecular formula is C12H12BrF4NO3. The van der Waals surface area contributed by atoms with Crippen LogP contribution < -0.4 is 10.5 Å². The number of ether oxygens (including phenoxy) is 2. The summed E-state index contributed by atoms with van der Waals surface area (Å²) in [5, 5.41) is 0. The third kappa shape index (κ3) is 5.16. The normalized spacial score (nSPS) is 14.4. The zero-order valence-electron chi connectivity index (χ0n) is 10.8. The smallest absolute Gasteiger partial charge is 0.464 e. The van der Waals surface area contributed by atoms with Gasteiger partial charge in [-0.1, -0.05) is 15.9 Å². The molecule has 4 nitrogen and oxygen atoms in total. The molecule has 2 N–H and O–H groups in total. The number of nitrogens with two attached hydrogens (primary N) is 1. The Kier molecular flexibility index (Phi) is 5.97. The number of hydrogen-bond donors (Lipinski definition) is 1. The summed E-state index contributed by atoms with van der Waals surface area (Å²) in [7, 11) is 0. The number of benzene rings is 1. The van der Waals surface area contributed by atoms with E-state index < -0.39 is 30.3 Å². The first-order valence-electron chi connectivity index (χ1n) is 5.77. The number of hydrogen-bond acceptors (Lipinski definition) is 4. The average Bonchev–Trinajstić information content (AvgIpc) is 2.38. The van der Waals surface area contributed by atoms with Gasteiger partial charge in [0.1, 0.15) is 5.75 Å². The molecule has 0 bridgehead atoms. The van der Waals surface area contributed by atoms with Crippen LogP contribution in [0.3, 0.4) is 0 Å². The highest BCUT2D eigenvalue weighted by atomic mass is 79.9. The first-order chi connectivity index (χ1) is 9.65. The van der Waals surface area contributed by atoms with E-state index in [0.717, 1.165) is 12.1 Å². The monoisotopic (exact) mass is 373 g/mol. The van der Waals surface area contributed by atoms with Gasteiger partial charge >= 0.3 is 12.3 Å². The number of halogens is 5. The average molecular weight is 374 g/mol. The van der Waals surface area contributed by atoms with E-state index in [1.807, 2.05) is 0 Å². The Labute approximate surface area is 126 Å². The van der Waals surface area contributed by atoms with Gasteiger partial charge in [0, 0.05) is 10.0 Å². The number of carbonyl (C=O) groups is 1. The highest BCUT2D eigenvalue weighted by molar-refractivity contribution is 9.10. The third-order valence-corrected chi connectivity index (χ3v) is 2.88. The van der Waals surface area contributed by atoms with Crippen molar-refractivity contribution < 1.29 is 31.8 Å². The number of esters is 1. The molecule has 118 valence electrons. The Hall–Kier alpha value is -1.35. The number of alkyl halides is 4. The van der Waals surface area contributed by atoms with Crippen molar-refractivity contribution >= 4 is 21.9 Å². The molecule has 0 heterocycles. The second-order valence-corrected chi connectivity index (χ2v) is 4.83. The fraction of sp³-hybridized carbons (Fsp3) is 0.417. The molecule has 0 aliphatic rings. The summed E-state index contributed by atoms with van der Waals surface area (Å²) in [6.45, 7) is 1.39. The molecule has 0 spiro atoms. The minimum Gasteiger partial charge on any atom is -0.464 e. The third-order valence-electron chi connectivity index (χ3n) is 2.38. The predicted molar refractivity (Wildman–Crippen MR) is 69.3 cm³/mol. The summed E-state index contributed by atoms with van der Waals surface area (Å²) < 4.78 is 59.4. The quantitative estimate of drug-likeness (QED) is 0.635. The molecule has 1 aromatic carbocycles. The summed E-state index contributed by atoms with van der Waals surface area (Å²) >= 11 is 3.03. The van der Waals surface area contributed by atoms with Gasteiger partial charge in [-0.15, -0.1) is 13.2 Å². The molecule has 0 saturated heterocycles. The van der Waals surface area contributed by atoms with Crippen LogP contribution >= 0.6 is 15.9 Å². The fourth-order valence-corrected chi connectivity index (χ4v) is 1.90. The van der Waals surface area contributed by atoms with Crippen LogP contribution in [0.15, 0.2) is 22.7 Å². The molecule has 0 amide bonds. The van der Waals surface area contributed by atoms with E-state index in [4.69, 9.17) is 5.73 Å². The van der Waals surface area contributed by atoms with Crippen LogP contribution in [0.2, 0.25) is 0 Å². The molecule has 2 atom stereocenters. The van der Waals surface area contributed by atoms with E-state index in [1.165, 1.54) is 13.0 Å². The van der Waals surface area contributed by atoms with E-state index in [-0.39, 0.29) is 12.2 Å². The maximum atomic E-state index is 13.9. The molecular weight excluding hydrogens is 362 g/mol. The Bertz CT molecular complexity index is 510. The van der Waals surface area contributed by atoms with Gasteiger partial charge in [-0.2, -0.15) is 0 Å². The molecule has 1 aromatic rings. The van der Waals surface area contributed by atoms with Gasteiger partial charge < -0.3 is 15.2 Å². The molecule has 9 heteroatoms. The fourth-order valence-electron chi connectivity index (χ4n) is 1.52. The summed E-state index contributed by atoms with van der Waals surface area (Å²) in [5.74, 6) is -1.92. The number of carbonyl (C=O) groups excluding carboxylic acids is 1. The highest BCUT2D eigenvalue weighted by Gasteiger charge is 2.35. The summed E-state index contributed by atoms with van der Waals surface area (Å²) in [6.07, 6.45) is -7.27. The SMILES string of the molecule is CCOC(=O)C(F)[C@H](N)c1cc(Br)ccc1OC(F)(F)F. The van der Waals surface area contributed by atoms with E-state index in [1.54, 1.807) is 0 Å². The van der Waals surface area contributed by atoms with Crippen molar-refractivity contribution in [1.29, 1.82) is 0 Å². The van der Waals surface area contributed by atoms with E-state index >= 15 is 0 Å². The summed E-state index contributed by atoms with van der Waals surface area (Å²) in [4.78, 5) is 11.3. The van der Waals surface area contributed by atoms with Gasteiger partial charge in [0.05, 0.1) is 12.6 Å². The lowest BCUT2D eigenvalue weighted by Gasteiger charge is -2.20. The second kappa shape index (κ2) is 7.08. The molecule has 21 heavy (non-hydrogen) atoms.